The summed E-state index contributed by atoms with van der Waals surface area (Å²) >= 11 is 0. The molecule has 0 spiro atoms. The van der Waals surface area contributed by atoms with Gasteiger partial charge in [-0.05, 0) is 41.8 Å². The number of nitrogens with one attached hydrogen (secondary N) is 1. The normalized spacial score (nSPS) is 18.3. The number of fused-ring (bicyclic) bond motifs is 1. The van der Waals surface area contributed by atoms with Crippen molar-refractivity contribution in [3.05, 3.63) is 59.9 Å². The minimum absolute atomic E-state index is 0.0276. The Morgan fingerprint density at radius 1 is 0.963 bits per heavy atom. The molecule has 2 heterocycles. The molecule has 0 saturated heterocycles. The van der Waals surface area contributed by atoms with Crippen molar-refractivity contribution in [1.82, 2.24) is 14.8 Å². The Kier molecular flexibility index (Phi) is 4.58. The molecule has 7 heteroatoms. The topological polar surface area (TPSA) is 70.4 Å². The lowest BCUT2D eigenvalue weighted by Crippen LogP contribution is -2.28. The Morgan fingerprint density at radius 2 is 1.81 bits per heavy atom. The Balaban J connectivity index is 1.72. The molecule has 2 atom stereocenters. The van der Waals surface area contributed by atoms with Gasteiger partial charge in [-0.2, -0.15) is 10.1 Å². The van der Waals surface area contributed by atoms with E-state index in [0.29, 0.717) is 11.5 Å². The first kappa shape index (κ1) is 17.2. The number of ether oxygens (including phenoxy) is 3. The second kappa shape index (κ2) is 7.19. The Morgan fingerprint density at radius 3 is 2.59 bits per heavy atom. The number of hydrogen-bond acceptors (Lipinski definition) is 6. The van der Waals surface area contributed by atoms with E-state index in [-0.39, 0.29) is 12.1 Å². The summed E-state index contributed by atoms with van der Waals surface area (Å²) in [5.41, 5.74) is 2.24. The van der Waals surface area contributed by atoms with Gasteiger partial charge in [0, 0.05) is 0 Å². The summed E-state index contributed by atoms with van der Waals surface area (Å²) < 4.78 is 18.1. The highest BCUT2D eigenvalue weighted by Crippen LogP contribution is 2.40. The molecule has 140 valence electrons. The Hall–Kier alpha value is -3.22. The Labute approximate surface area is 157 Å². The van der Waals surface area contributed by atoms with E-state index in [1.807, 2.05) is 35.0 Å². The van der Waals surface area contributed by atoms with E-state index in [0.717, 1.165) is 29.2 Å². The standard InChI is InChI=1S/C20H22N4O3/c1-25-15-6-4-5-13(9-15)16-11-17(24-20(23-16)21-12-22-24)14-7-8-18(26-2)19(10-14)27-3/h4-10,12,16-17H,11H2,1-3H3,(H,21,22,23)/t16-,17-/m1/s1. The van der Waals surface area contributed by atoms with Gasteiger partial charge in [-0.15, -0.1) is 0 Å². The molecule has 1 N–H and O–H groups in total. The third-order valence-electron chi connectivity index (χ3n) is 4.92. The molecule has 0 bridgehead atoms. The second-order valence-electron chi connectivity index (χ2n) is 6.37. The zero-order chi connectivity index (χ0) is 18.8. The van der Waals surface area contributed by atoms with Gasteiger partial charge in [-0.1, -0.05) is 18.2 Å². The molecule has 0 unspecified atom stereocenters. The second-order valence-corrected chi connectivity index (χ2v) is 6.37. The lowest BCUT2D eigenvalue weighted by molar-refractivity contribution is 0.352. The number of hydrogen-bond donors (Lipinski definition) is 1. The van der Waals surface area contributed by atoms with Crippen molar-refractivity contribution in [3.8, 4) is 17.2 Å². The molecule has 3 aromatic rings. The SMILES string of the molecule is COc1cccc([C@H]2C[C@H](c3ccc(OC)c(OC)c3)n3ncnc3N2)c1. The van der Waals surface area contributed by atoms with Crippen LogP contribution in [0, 0.1) is 0 Å². The van der Waals surface area contributed by atoms with Gasteiger partial charge in [0.2, 0.25) is 5.95 Å². The fourth-order valence-electron chi connectivity index (χ4n) is 3.53. The predicted molar refractivity (Wildman–Crippen MR) is 102 cm³/mol. The fraction of sp³-hybridized carbons (Fsp3) is 0.300. The summed E-state index contributed by atoms with van der Waals surface area (Å²) in [4.78, 5) is 4.38. The molecule has 0 amide bonds. The zero-order valence-corrected chi connectivity index (χ0v) is 15.5. The zero-order valence-electron chi connectivity index (χ0n) is 15.5. The largest absolute Gasteiger partial charge is 0.497 e. The van der Waals surface area contributed by atoms with Crippen LogP contribution >= 0.6 is 0 Å². The maximum Gasteiger partial charge on any atom is 0.222 e. The molecule has 0 radical (unpaired) electrons. The van der Waals surface area contributed by atoms with Crippen molar-refractivity contribution in [2.75, 3.05) is 26.6 Å². The molecule has 4 rings (SSSR count). The Bertz CT molecular complexity index is 940. The maximum atomic E-state index is 5.48. The first-order chi connectivity index (χ1) is 13.2. The van der Waals surface area contributed by atoms with Crippen LogP contribution in [0.15, 0.2) is 48.8 Å². The quantitative estimate of drug-likeness (QED) is 0.746. The lowest BCUT2D eigenvalue weighted by atomic mass is 9.93. The maximum absolute atomic E-state index is 5.48. The summed E-state index contributed by atoms with van der Waals surface area (Å²) in [6.07, 6.45) is 2.39. The van der Waals surface area contributed by atoms with Gasteiger partial charge in [0.05, 0.1) is 33.4 Å². The van der Waals surface area contributed by atoms with Crippen LogP contribution in [0.1, 0.15) is 29.6 Å². The van der Waals surface area contributed by atoms with Gasteiger partial charge < -0.3 is 19.5 Å². The van der Waals surface area contributed by atoms with E-state index in [2.05, 4.69) is 27.5 Å². The van der Waals surface area contributed by atoms with Crippen LogP contribution < -0.4 is 19.5 Å². The van der Waals surface area contributed by atoms with E-state index >= 15 is 0 Å². The van der Waals surface area contributed by atoms with E-state index in [1.165, 1.54) is 0 Å². The third kappa shape index (κ3) is 3.16. The van der Waals surface area contributed by atoms with Gasteiger partial charge in [0.15, 0.2) is 11.5 Å². The monoisotopic (exact) mass is 366 g/mol. The summed E-state index contributed by atoms with van der Waals surface area (Å²) in [6.45, 7) is 0. The van der Waals surface area contributed by atoms with Crippen LogP contribution in [0.5, 0.6) is 17.2 Å². The van der Waals surface area contributed by atoms with Gasteiger partial charge in [-0.25, -0.2) is 4.68 Å². The molecule has 0 saturated carbocycles. The first-order valence-electron chi connectivity index (χ1n) is 8.75. The average Bonchev–Trinajstić information content (AvgIpc) is 3.21. The van der Waals surface area contributed by atoms with E-state index in [9.17, 15) is 0 Å². The molecule has 2 aromatic carbocycles. The molecular weight excluding hydrogens is 344 g/mol. The lowest BCUT2D eigenvalue weighted by Gasteiger charge is -2.32. The number of nitrogens with zero attached hydrogens (tertiary/aromatic N) is 3. The van der Waals surface area contributed by atoms with Crippen molar-refractivity contribution >= 4 is 5.95 Å². The number of anilines is 1. The number of rotatable bonds is 5. The van der Waals surface area contributed by atoms with Gasteiger partial charge in [0.1, 0.15) is 12.1 Å². The molecular formula is C20H22N4O3. The van der Waals surface area contributed by atoms with Crippen LogP contribution in [-0.4, -0.2) is 36.1 Å². The van der Waals surface area contributed by atoms with Crippen molar-refractivity contribution in [2.24, 2.45) is 0 Å². The molecule has 1 aromatic heterocycles. The van der Waals surface area contributed by atoms with Gasteiger partial charge >= 0.3 is 0 Å². The molecule has 27 heavy (non-hydrogen) atoms. The molecule has 0 aliphatic carbocycles. The predicted octanol–water partition coefficient (Wildman–Crippen LogP) is 3.45. The minimum atomic E-state index is 0.0276. The van der Waals surface area contributed by atoms with Crippen LogP contribution in [0.3, 0.4) is 0 Å². The van der Waals surface area contributed by atoms with Crippen LogP contribution in [0.2, 0.25) is 0 Å². The van der Waals surface area contributed by atoms with Crippen molar-refractivity contribution in [3.63, 3.8) is 0 Å². The highest BCUT2D eigenvalue weighted by Gasteiger charge is 2.30. The van der Waals surface area contributed by atoms with Crippen molar-refractivity contribution in [1.29, 1.82) is 0 Å². The molecule has 7 nitrogen and oxygen atoms in total. The number of aromatic nitrogens is 3. The van der Waals surface area contributed by atoms with E-state index in [4.69, 9.17) is 14.2 Å². The highest BCUT2D eigenvalue weighted by molar-refractivity contribution is 5.46. The van der Waals surface area contributed by atoms with Crippen molar-refractivity contribution < 1.29 is 14.2 Å². The summed E-state index contributed by atoms with van der Waals surface area (Å²) in [6, 6.07) is 14.2. The average molecular weight is 366 g/mol. The third-order valence-corrected chi connectivity index (χ3v) is 4.92. The van der Waals surface area contributed by atoms with Crippen LogP contribution in [-0.2, 0) is 0 Å². The smallest absolute Gasteiger partial charge is 0.222 e. The minimum Gasteiger partial charge on any atom is -0.497 e. The molecule has 1 aliphatic heterocycles. The summed E-state index contributed by atoms with van der Waals surface area (Å²) in [5, 5.41) is 7.89. The highest BCUT2D eigenvalue weighted by atomic mass is 16.5. The van der Waals surface area contributed by atoms with E-state index in [1.54, 1.807) is 27.7 Å². The molecule has 1 aliphatic rings. The fourth-order valence-corrected chi connectivity index (χ4v) is 3.53. The van der Waals surface area contributed by atoms with Crippen LogP contribution in [0.25, 0.3) is 0 Å². The van der Waals surface area contributed by atoms with Gasteiger partial charge in [0.25, 0.3) is 0 Å². The van der Waals surface area contributed by atoms with E-state index < -0.39 is 0 Å². The summed E-state index contributed by atoms with van der Waals surface area (Å²) in [5.74, 6) is 2.99. The van der Waals surface area contributed by atoms with Gasteiger partial charge in [-0.3, -0.25) is 0 Å². The molecule has 0 fully saturated rings. The number of methoxy groups -OCH3 is 3. The van der Waals surface area contributed by atoms with Crippen molar-refractivity contribution in [2.45, 2.75) is 18.5 Å². The first-order valence-corrected chi connectivity index (χ1v) is 8.75. The van der Waals surface area contributed by atoms with Crippen LogP contribution in [0.4, 0.5) is 5.95 Å². The number of benzene rings is 2. The summed E-state index contributed by atoms with van der Waals surface area (Å²) in [7, 11) is 4.96.